The number of hydrogen-bond donors (Lipinski definition) is 1. The highest BCUT2D eigenvalue weighted by Gasteiger charge is 2.10. The van der Waals surface area contributed by atoms with Crippen molar-refractivity contribution >= 4 is 23.7 Å². The topological polar surface area (TPSA) is 54.6 Å². The van der Waals surface area contributed by atoms with Gasteiger partial charge in [0.25, 0.3) is 5.91 Å². The fourth-order valence-corrected chi connectivity index (χ4v) is 2.30. The zero-order valence-electron chi connectivity index (χ0n) is 12.7. The maximum absolute atomic E-state index is 13.7. The molecule has 1 amide bonds. The van der Waals surface area contributed by atoms with Crippen molar-refractivity contribution in [2.24, 2.45) is 5.10 Å². The molecule has 1 heterocycles. The summed E-state index contributed by atoms with van der Waals surface area (Å²) in [6.45, 7) is 0. The summed E-state index contributed by atoms with van der Waals surface area (Å²) in [5.74, 6) is -1.31. The minimum Gasteiger partial charge on any atom is -0.455 e. The third-order valence-corrected chi connectivity index (χ3v) is 3.50. The molecular weight excluding hydrogens is 350 g/mol. The Labute approximate surface area is 146 Å². The quantitative estimate of drug-likeness (QED) is 0.544. The van der Waals surface area contributed by atoms with E-state index in [1.54, 1.807) is 24.3 Å². The summed E-state index contributed by atoms with van der Waals surface area (Å²) < 4.78 is 32.1. The zero-order chi connectivity index (χ0) is 17.8. The number of nitrogens with one attached hydrogen (secondary N) is 1. The van der Waals surface area contributed by atoms with E-state index in [0.717, 1.165) is 12.1 Å². The predicted molar refractivity (Wildman–Crippen MR) is 90.6 cm³/mol. The molecule has 1 aromatic heterocycles. The van der Waals surface area contributed by atoms with E-state index in [4.69, 9.17) is 16.0 Å². The molecule has 0 aliphatic rings. The number of amides is 1. The summed E-state index contributed by atoms with van der Waals surface area (Å²) in [7, 11) is 0. The number of rotatable bonds is 4. The monoisotopic (exact) mass is 360 g/mol. The summed E-state index contributed by atoms with van der Waals surface area (Å²) in [6.07, 6.45) is 1.27. The van der Waals surface area contributed by atoms with E-state index in [2.05, 4.69) is 10.5 Å². The highest BCUT2D eigenvalue weighted by Crippen LogP contribution is 2.25. The standard InChI is InChI=1S/C18H11ClF2N2O2/c19-12-3-1-2-11(8-12)18(24)23-22-10-14-5-7-17(25-14)15-6-4-13(20)9-16(15)21/h1-10H,(H,23,24)/b22-10-. The first-order chi connectivity index (χ1) is 12.0. The first-order valence-corrected chi connectivity index (χ1v) is 7.55. The second-order valence-corrected chi connectivity index (χ2v) is 5.47. The molecule has 0 unspecified atom stereocenters. The van der Waals surface area contributed by atoms with Gasteiger partial charge in [0.1, 0.15) is 23.2 Å². The zero-order valence-corrected chi connectivity index (χ0v) is 13.4. The van der Waals surface area contributed by atoms with Crippen molar-refractivity contribution in [2.45, 2.75) is 0 Å². The number of benzene rings is 2. The van der Waals surface area contributed by atoms with Crippen molar-refractivity contribution in [1.29, 1.82) is 0 Å². The fourth-order valence-electron chi connectivity index (χ4n) is 2.11. The van der Waals surface area contributed by atoms with Gasteiger partial charge < -0.3 is 4.42 Å². The lowest BCUT2D eigenvalue weighted by atomic mass is 10.1. The normalized spacial score (nSPS) is 11.0. The molecule has 0 radical (unpaired) electrons. The Morgan fingerprint density at radius 2 is 1.96 bits per heavy atom. The molecule has 0 aliphatic carbocycles. The smallest absolute Gasteiger partial charge is 0.271 e. The van der Waals surface area contributed by atoms with Crippen LogP contribution in [-0.4, -0.2) is 12.1 Å². The van der Waals surface area contributed by atoms with Crippen LogP contribution in [0.2, 0.25) is 5.02 Å². The van der Waals surface area contributed by atoms with Crippen LogP contribution < -0.4 is 5.43 Å². The molecule has 2 aromatic carbocycles. The van der Waals surface area contributed by atoms with Crippen LogP contribution in [0, 0.1) is 11.6 Å². The van der Waals surface area contributed by atoms with Crippen LogP contribution in [0.1, 0.15) is 16.1 Å². The van der Waals surface area contributed by atoms with E-state index in [1.165, 1.54) is 24.4 Å². The van der Waals surface area contributed by atoms with Crippen molar-refractivity contribution in [3.8, 4) is 11.3 Å². The Morgan fingerprint density at radius 3 is 2.72 bits per heavy atom. The van der Waals surface area contributed by atoms with E-state index in [-0.39, 0.29) is 11.3 Å². The van der Waals surface area contributed by atoms with Gasteiger partial charge in [-0.1, -0.05) is 17.7 Å². The Morgan fingerprint density at radius 1 is 1.12 bits per heavy atom. The van der Waals surface area contributed by atoms with Gasteiger partial charge in [-0.2, -0.15) is 5.10 Å². The third kappa shape index (κ3) is 4.10. The van der Waals surface area contributed by atoms with Crippen molar-refractivity contribution in [2.75, 3.05) is 0 Å². The summed E-state index contributed by atoms with van der Waals surface area (Å²) in [6, 6.07) is 12.7. The molecule has 7 heteroatoms. The Balaban J connectivity index is 1.69. The largest absolute Gasteiger partial charge is 0.455 e. The molecule has 0 atom stereocenters. The van der Waals surface area contributed by atoms with Gasteiger partial charge >= 0.3 is 0 Å². The lowest BCUT2D eigenvalue weighted by molar-refractivity contribution is 0.0955. The van der Waals surface area contributed by atoms with Crippen LogP contribution in [-0.2, 0) is 0 Å². The van der Waals surface area contributed by atoms with Crippen LogP contribution in [0.25, 0.3) is 11.3 Å². The van der Waals surface area contributed by atoms with Gasteiger partial charge in [-0.25, -0.2) is 14.2 Å². The molecule has 25 heavy (non-hydrogen) atoms. The molecule has 0 bridgehead atoms. The Hall–Kier alpha value is -2.99. The average Bonchev–Trinajstić information content (AvgIpc) is 3.03. The maximum atomic E-state index is 13.7. The third-order valence-electron chi connectivity index (χ3n) is 3.27. The summed E-state index contributed by atoms with van der Waals surface area (Å²) in [4.78, 5) is 11.9. The second-order valence-electron chi connectivity index (χ2n) is 5.04. The molecule has 0 fully saturated rings. The first kappa shape index (κ1) is 16.9. The van der Waals surface area contributed by atoms with Crippen LogP contribution in [0.4, 0.5) is 8.78 Å². The minimum absolute atomic E-state index is 0.129. The second kappa shape index (κ2) is 7.27. The minimum atomic E-state index is -0.730. The van der Waals surface area contributed by atoms with Crippen LogP contribution in [0.15, 0.2) is 64.1 Å². The number of carbonyl (C=O) groups excluding carboxylic acids is 1. The van der Waals surface area contributed by atoms with Crippen molar-refractivity contribution in [1.82, 2.24) is 5.43 Å². The number of carbonyl (C=O) groups is 1. The molecule has 0 spiro atoms. The van der Waals surface area contributed by atoms with E-state index in [0.29, 0.717) is 16.3 Å². The van der Waals surface area contributed by atoms with Gasteiger partial charge in [-0.3, -0.25) is 4.79 Å². The van der Waals surface area contributed by atoms with Crippen molar-refractivity contribution < 1.29 is 18.0 Å². The van der Waals surface area contributed by atoms with Gasteiger partial charge in [0.05, 0.1) is 11.8 Å². The number of hydrazone groups is 1. The number of hydrogen-bond acceptors (Lipinski definition) is 3. The number of halogens is 3. The highest BCUT2D eigenvalue weighted by atomic mass is 35.5. The molecule has 1 N–H and O–H groups in total. The van der Waals surface area contributed by atoms with E-state index < -0.39 is 17.5 Å². The van der Waals surface area contributed by atoms with E-state index >= 15 is 0 Å². The van der Waals surface area contributed by atoms with E-state index in [1.807, 2.05) is 0 Å². The van der Waals surface area contributed by atoms with Gasteiger partial charge in [0.2, 0.25) is 0 Å². The highest BCUT2D eigenvalue weighted by molar-refractivity contribution is 6.30. The molecule has 4 nitrogen and oxygen atoms in total. The predicted octanol–water partition coefficient (Wildman–Crippen LogP) is 4.64. The van der Waals surface area contributed by atoms with Gasteiger partial charge in [0.15, 0.2) is 0 Å². The molecule has 0 aliphatic heterocycles. The van der Waals surface area contributed by atoms with Gasteiger partial charge in [0, 0.05) is 16.7 Å². The molecule has 3 rings (SSSR count). The SMILES string of the molecule is O=C(N/N=C\c1ccc(-c2ccc(F)cc2F)o1)c1cccc(Cl)c1. The Bertz CT molecular complexity index is 954. The molecule has 0 saturated carbocycles. The number of furan rings is 1. The van der Waals surface area contributed by atoms with Crippen LogP contribution in [0.5, 0.6) is 0 Å². The Kier molecular flexibility index (Phi) is 4.90. The fraction of sp³-hybridized carbons (Fsp3) is 0. The maximum Gasteiger partial charge on any atom is 0.271 e. The van der Waals surface area contributed by atoms with Gasteiger partial charge in [-0.15, -0.1) is 0 Å². The van der Waals surface area contributed by atoms with E-state index in [9.17, 15) is 13.6 Å². The molecular formula is C18H11ClF2N2O2. The van der Waals surface area contributed by atoms with Crippen LogP contribution >= 0.6 is 11.6 Å². The first-order valence-electron chi connectivity index (χ1n) is 7.17. The lowest BCUT2D eigenvalue weighted by Gasteiger charge is -2.00. The molecule has 0 saturated heterocycles. The summed E-state index contributed by atoms with van der Waals surface area (Å²) in [5.41, 5.74) is 2.82. The molecule has 3 aromatic rings. The molecule has 126 valence electrons. The van der Waals surface area contributed by atoms with Crippen molar-refractivity contribution in [3.63, 3.8) is 0 Å². The van der Waals surface area contributed by atoms with Crippen molar-refractivity contribution in [3.05, 3.63) is 82.6 Å². The lowest BCUT2D eigenvalue weighted by Crippen LogP contribution is -2.17. The summed E-state index contributed by atoms with van der Waals surface area (Å²) >= 11 is 5.81. The average molecular weight is 361 g/mol. The van der Waals surface area contributed by atoms with Gasteiger partial charge in [-0.05, 0) is 42.5 Å². The van der Waals surface area contributed by atoms with Crippen LogP contribution in [0.3, 0.4) is 0 Å². The summed E-state index contributed by atoms with van der Waals surface area (Å²) in [5, 5.41) is 4.21. The number of nitrogens with zero attached hydrogens (tertiary/aromatic N) is 1.